The summed E-state index contributed by atoms with van der Waals surface area (Å²) in [5.41, 5.74) is 10.7. The molecular weight excluding hydrogens is 424 g/mol. The van der Waals surface area contributed by atoms with Crippen LogP contribution in [0.2, 0.25) is 0 Å². The van der Waals surface area contributed by atoms with Crippen molar-refractivity contribution in [3.63, 3.8) is 0 Å². The van der Waals surface area contributed by atoms with E-state index in [4.69, 9.17) is 0 Å². The Bertz CT molecular complexity index is 1460. The number of benzene rings is 4. The molecule has 1 heteroatoms. The molecule has 1 N–H and O–H groups in total. The number of hydrogen-bond acceptors (Lipinski definition) is 1. The molecule has 4 aromatic rings. The third kappa shape index (κ3) is 3.28. The molecule has 0 aromatic heterocycles. The lowest BCUT2D eigenvalue weighted by atomic mass is 9.52. The number of phenols is 1. The maximum Gasteiger partial charge on any atom is 0.124 e. The molecule has 2 aliphatic rings. The van der Waals surface area contributed by atoms with E-state index in [2.05, 4.69) is 102 Å². The summed E-state index contributed by atoms with van der Waals surface area (Å²) in [7, 11) is 0. The third-order valence-electron chi connectivity index (χ3n) is 8.63. The Balaban J connectivity index is 1.69. The van der Waals surface area contributed by atoms with Crippen LogP contribution in [-0.4, -0.2) is 5.11 Å². The number of aryl methyl sites for hydroxylation is 2. The highest BCUT2D eigenvalue weighted by Crippen LogP contribution is 2.64. The second kappa shape index (κ2) is 7.23. The number of hydrogen-bond donors (Lipinski definition) is 1. The fourth-order valence-corrected chi connectivity index (χ4v) is 8.25. The van der Waals surface area contributed by atoms with E-state index >= 15 is 0 Å². The summed E-state index contributed by atoms with van der Waals surface area (Å²) in [4.78, 5) is 0. The van der Waals surface area contributed by atoms with Gasteiger partial charge in [0.25, 0.3) is 0 Å². The standard InChI is InChI=1S/C34H36O/c1-21-10-9-11-22(2)30(21)26-17-25-23(16-29(26)35)14-15-28-31(25)24-12-7-8-13-27(24)34(28)19-32(3,4)18-33(5,6)20-34/h7-17,35H,18-20H2,1-6H3. The zero-order valence-electron chi connectivity index (χ0n) is 21.9. The fraction of sp³-hybridized carbons (Fsp3) is 0.353. The summed E-state index contributed by atoms with van der Waals surface area (Å²) in [6.45, 7) is 14.1. The Hall–Kier alpha value is -3.06. The molecule has 0 radical (unpaired) electrons. The highest BCUT2D eigenvalue weighted by molar-refractivity contribution is 6.05. The van der Waals surface area contributed by atoms with Crippen molar-refractivity contribution in [3.05, 3.63) is 89.0 Å². The van der Waals surface area contributed by atoms with Crippen LogP contribution in [0, 0.1) is 24.7 Å². The van der Waals surface area contributed by atoms with Gasteiger partial charge in [-0.1, -0.05) is 82.3 Å². The quantitative estimate of drug-likeness (QED) is 0.300. The first-order valence-corrected chi connectivity index (χ1v) is 13.0. The molecule has 0 unspecified atom stereocenters. The molecule has 35 heavy (non-hydrogen) atoms. The number of fused-ring (bicyclic) bond motifs is 7. The molecule has 1 spiro atoms. The number of phenolic OH excluding ortho intramolecular Hbond substituents is 1. The number of rotatable bonds is 1. The van der Waals surface area contributed by atoms with Gasteiger partial charge in [-0.3, -0.25) is 0 Å². The van der Waals surface area contributed by atoms with Crippen LogP contribution in [0.15, 0.2) is 66.7 Å². The van der Waals surface area contributed by atoms with Crippen molar-refractivity contribution in [1.82, 2.24) is 0 Å². The van der Waals surface area contributed by atoms with Gasteiger partial charge in [0.2, 0.25) is 0 Å². The molecule has 178 valence electrons. The van der Waals surface area contributed by atoms with Crippen LogP contribution in [0.3, 0.4) is 0 Å². The Labute approximate surface area is 209 Å². The Morgan fingerprint density at radius 1 is 0.629 bits per heavy atom. The fourth-order valence-electron chi connectivity index (χ4n) is 8.25. The van der Waals surface area contributed by atoms with Crippen molar-refractivity contribution in [2.45, 2.75) is 66.2 Å². The smallest absolute Gasteiger partial charge is 0.124 e. The van der Waals surface area contributed by atoms with E-state index < -0.39 is 0 Å². The van der Waals surface area contributed by atoms with Crippen LogP contribution in [0.1, 0.15) is 69.2 Å². The lowest BCUT2D eigenvalue weighted by Crippen LogP contribution is -2.43. The van der Waals surface area contributed by atoms with Gasteiger partial charge in [-0.15, -0.1) is 0 Å². The highest BCUT2D eigenvalue weighted by atomic mass is 16.3. The van der Waals surface area contributed by atoms with Gasteiger partial charge >= 0.3 is 0 Å². The average Bonchev–Trinajstić information content (AvgIpc) is 3.01. The first-order chi connectivity index (χ1) is 16.5. The first kappa shape index (κ1) is 22.4. The topological polar surface area (TPSA) is 20.2 Å². The summed E-state index contributed by atoms with van der Waals surface area (Å²) >= 11 is 0. The molecule has 0 heterocycles. The van der Waals surface area contributed by atoms with Gasteiger partial charge in [0.15, 0.2) is 0 Å². The SMILES string of the molecule is Cc1cccc(C)c1-c1cc2c3c(ccc2cc1O)C1(CC(C)(C)CC(C)(C)C1)c1ccccc1-3. The maximum absolute atomic E-state index is 11.1. The van der Waals surface area contributed by atoms with Gasteiger partial charge in [-0.25, -0.2) is 0 Å². The van der Waals surface area contributed by atoms with Gasteiger partial charge in [-0.2, -0.15) is 0 Å². The molecule has 0 saturated heterocycles. The van der Waals surface area contributed by atoms with Gasteiger partial charge in [0.1, 0.15) is 5.75 Å². The summed E-state index contributed by atoms with van der Waals surface area (Å²) in [6, 6.07) is 24.3. The van der Waals surface area contributed by atoms with Gasteiger partial charge < -0.3 is 5.11 Å². The van der Waals surface area contributed by atoms with Crippen molar-refractivity contribution < 1.29 is 5.11 Å². The van der Waals surface area contributed by atoms with Crippen molar-refractivity contribution in [1.29, 1.82) is 0 Å². The molecule has 1 fully saturated rings. The van der Waals surface area contributed by atoms with E-state index in [-0.39, 0.29) is 16.2 Å². The van der Waals surface area contributed by atoms with Crippen molar-refractivity contribution >= 4 is 10.8 Å². The Morgan fingerprint density at radius 2 is 1.29 bits per heavy atom. The second-order valence-electron chi connectivity index (χ2n) is 12.8. The minimum absolute atomic E-state index is 0.0298. The van der Waals surface area contributed by atoms with E-state index in [9.17, 15) is 5.11 Å². The lowest BCUT2D eigenvalue weighted by Gasteiger charge is -2.51. The molecular formula is C34H36O. The zero-order valence-corrected chi connectivity index (χ0v) is 21.9. The minimum Gasteiger partial charge on any atom is -0.507 e. The van der Waals surface area contributed by atoms with Crippen LogP contribution >= 0.6 is 0 Å². The molecule has 0 amide bonds. The third-order valence-corrected chi connectivity index (χ3v) is 8.63. The molecule has 1 saturated carbocycles. The van der Waals surface area contributed by atoms with Crippen LogP contribution in [-0.2, 0) is 5.41 Å². The summed E-state index contributed by atoms with van der Waals surface area (Å²) in [6.07, 6.45) is 3.58. The normalized spacial score (nSPS) is 19.0. The van der Waals surface area contributed by atoms with Crippen molar-refractivity contribution in [2.75, 3.05) is 0 Å². The highest BCUT2D eigenvalue weighted by Gasteiger charge is 2.53. The zero-order chi connectivity index (χ0) is 24.8. The lowest BCUT2D eigenvalue weighted by molar-refractivity contribution is 0.0646. The van der Waals surface area contributed by atoms with Crippen LogP contribution < -0.4 is 0 Å². The Morgan fingerprint density at radius 3 is 1.97 bits per heavy atom. The van der Waals surface area contributed by atoms with E-state index in [1.807, 2.05) is 6.07 Å². The largest absolute Gasteiger partial charge is 0.507 e. The maximum atomic E-state index is 11.1. The monoisotopic (exact) mass is 460 g/mol. The van der Waals surface area contributed by atoms with Crippen LogP contribution in [0.25, 0.3) is 33.0 Å². The van der Waals surface area contributed by atoms with Crippen molar-refractivity contribution in [2.24, 2.45) is 10.8 Å². The average molecular weight is 461 g/mol. The molecule has 1 nitrogen and oxygen atoms in total. The van der Waals surface area contributed by atoms with Gasteiger partial charge in [0.05, 0.1) is 0 Å². The molecule has 0 atom stereocenters. The first-order valence-electron chi connectivity index (χ1n) is 13.0. The predicted molar refractivity (Wildman–Crippen MR) is 148 cm³/mol. The van der Waals surface area contributed by atoms with Crippen LogP contribution in [0.4, 0.5) is 0 Å². The van der Waals surface area contributed by atoms with E-state index in [1.165, 1.54) is 58.0 Å². The van der Waals surface area contributed by atoms with E-state index in [0.29, 0.717) is 5.75 Å². The van der Waals surface area contributed by atoms with E-state index in [1.54, 1.807) is 0 Å². The van der Waals surface area contributed by atoms with Gasteiger partial charge in [0, 0.05) is 11.0 Å². The van der Waals surface area contributed by atoms with E-state index in [0.717, 1.165) is 16.5 Å². The molecule has 4 aromatic carbocycles. The van der Waals surface area contributed by atoms with Crippen LogP contribution in [0.5, 0.6) is 5.75 Å². The molecule has 2 aliphatic carbocycles. The van der Waals surface area contributed by atoms with Gasteiger partial charge in [-0.05, 0) is 106 Å². The summed E-state index contributed by atoms with van der Waals surface area (Å²) < 4.78 is 0. The summed E-state index contributed by atoms with van der Waals surface area (Å²) in [5.74, 6) is 0.357. The summed E-state index contributed by atoms with van der Waals surface area (Å²) in [5, 5.41) is 13.5. The molecule has 0 aliphatic heterocycles. The molecule has 0 bridgehead atoms. The Kier molecular flexibility index (Phi) is 4.63. The van der Waals surface area contributed by atoms with Crippen molar-refractivity contribution in [3.8, 4) is 28.0 Å². The second-order valence-corrected chi connectivity index (χ2v) is 12.8. The predicted octanol–water partition coefficient (Wildman–Crippen LogP) is 9.33. The minimum atomic E-state index is 0.0298. The molecule has 6 rings (SSSR count). The number of aromatic hydroxyl groups is 1.